The van der Waals surface area contributed by atoms with Crippen LogP contribution in [0.4, 0.5) is 0 Å². The molecule has 2 spiro atoms. The van der Waals surface area contributed by atoms with Crippen LogP contribution >= 0.6 is 0 Å². The third kappa shape index (κ3) is 4.56. The summed E-state index contributed by atoms with van der Waals surface area (Å²) in [6.07, 6.45) is 0. The monoisotopic (exact) mass is 777 g/mol. The lowest BCUT2D eigenvalue weighted by molar-refractivity contribution is 0.429. The Bertz CT molecular complexity index is 3330. The third-order valence-electron chi connectivity index (χ3n) is 13.3. The van der Waals surface area contributed by atoms with Crippen LogP contribution in [-0.4, -0.2) is 15.0 Å². The van der Waals surface area contributed by atoms with E-state index in [1.807, 2.05) is 18.2 Å². The summed E-state index contributed by atoms with van der Waals surface area (Å²) in [5.74, 6) is 3.69. The fraction of sp³-hybridized carbons (Fsp3) is 0.0351. The largest absolute Gasteiger partial charge is 0.457 e. The molecule has 0 atom stereocenters. The van der Waals surface area contributed by atoms with Gasteiger partial charge in [-0.15, -0.1) is 0 Å². The molecule has 0 radical (unpaired) electrons. The second-order valence-corrected chi connectivity index (χ2v) is 16.2. The number of para-hydroxylation sites is 2. The number of ether oxygens (including phenoxy) is 1. The summed E-state index contributed by atoms with van der Waals surface area (Å²) >= 11 is 0. The molecule has 0 unspecified atom stereocenters. The normalized spacial score (nSPS) is 14.3. The van der Waals surface area contributed by atoms with Gasteiger partial charge in [0.15, 0.2) is 17.5 Å². The zero-order valence-electron chi connectivity index (χ0n) is 33.0. The lowest BCUT2D eigenvalue weighted by Crippen LogP contribution is -2.45. The van der Waals surface area contributed by atoms with Crippen molar-refractivity contribution in [2.45, 2.75) is 10.8 Å². The highest BCUT2D eigenvalue weighted by Gasteiger charge is 2.58. The Morgan fingerprint density at radius 3 is 1.43 bits per heavy atom. The molecule has 2 heterocycles. The molecule has 0 fully saturated rings. The maximum absolute atomic E-state index is 6.70. The highest BCUT2D eigenvalue weighted by atomic mass is 16.5. The van der Waals surface area contributed by atoms with Crippen LogP contribution in [0.1, 0.15) is 44.5 Å². The van der Waals surface area contributed by atoms with Crippen LogP contribution in [0.2, 0.25) is 0 Å². The Labute approximate surface area is 353 Å². The summed E-state index contributed by atoms with van der Waals surface area (Å²) < 4.78 is 6.70. The smallest absolute Gasteiger partial charge is 0.164 e. The number of nitrogens with zero attached hydrogens (tertiary/aromatic N) is 3. The molecule has 0 bridgehead atoms. The molecule has 10 aromatic rings. The summed E-state index contributed by atoms with van der Waals surface area (Å²) in [5, 5.41) is 2.25. The average Bonchev–Trinajstić information content (AvgIpc) is 3.63. The first-order chi connectivity index (χ1) is 30.2. The summed E-state index contributed by atoms with van der Waals surface area (Å²) in [7, 11) is 0. The van der Waals surface area contributed by atoms with Crippen molar-refractivity contribution in [1.29, 1.82) is 0 Å². The van der Waals surface area contributed by atoms with Crippen molar-refractivity contribution in [3.8, 4) is 56.8 Å². The van der Waals surface area contributed by atoms with E-state index in [4.69, 9.17) is 19.7 Å². The molecule has 2 aliphatic carbocycles. The standard InChI is InChI=1S/C57H35N3O/c1-2-18-37(19-3-1)53-58-54(60-55(59-53)41-23-16-20-36-17-4-5-21-39(36)41)38-33-34-44-42(35-38)40-22-6-7-24-43(40)56(44)45-25-8-10-27-47(45)57(48-28-11-9-26-46(48)56)49-29-12-14-31-51(49)61-52-32-15-13-30-50(52)57/h1-35H. The van der Waals surface area contributed by atoms with Gasteiger partial charge in [-0.25, -0.2) is 15.0 Å². The van der Waals surface area contributed by atoms with Crippen LogP contribution in [0, 0.1) is 0 Å². The van der Waals surface area contributed by atoms with Crippen LogP contribution in [0.25, 0.3) is 56.1 Å². The minimum atomic E-state index is -0.613. The lowest BCUT2D eigenvalue weighted by atomic mass is 9.51. The van der Waals surface area contributed by atoms with E-state index in [0.29, 0.717) is 17.5 Å². The van der Waals surface area contributed by atoms with Crippen LogP contribution in [0.5, 0.6) is 11.5 Å². The molecule has 0 saturated heterocycles. The number of rotatable bonds is 3. The molecular formula is C57H35N3O. The number of hydrogen-bond donors (Lipinski definition) is 0. The lowest BCUT2D eigenvalue weighted by Gasteiger charge is -2.51. The number of benzene rings is 9. The van der Waals surface area contributed by atoms with Gasteiger partial charge in [0.25, 0.3) is 0 Å². The van der Waals surface area contributed by atoms with E-state index in [1.54, 1.807) is 0 Å². The molecule has 1 aromatic heterocycles. The van der Waals surface area contributed by atoms with Crippen molar-refractivity contribution in [2.24, 2.45) is 0 Å². The van der Waals surface area contributed by atoms with Crippen molar-refractivity contribution < 1.29 is 4.74 Å². The first-order valence-electron chi connectivity index (χ1n) is 20.9. The molecule has 4 nitrogen and oxygen atoms in total. The van der Waals surface area contributed by atoms with Gasteiger partial charge in [-0.3, -0.25) is 0 Å². The topological polar surface area (TPSA) is 47.9 Å². The maximum atomic E-state index is 6.70. The summed E-state index contributed by atoms with van der Waals surface area (Å²) in [6.45, 7) is 0. The molecule has 0 saturated carbocycles. The molecule has 0 N–H and O–H groups in total. The van der Waals surface area contributed by atoms with E-state index in [9.17, 15) is 0 Å². The number of fused-ring (bicyclic) bond motifs is 16. The van der Waals surface area contributed by atoms with E-state index >= 15 is 0 Å². The van der Waals surface area contributed by atoms with Crippen LogP contribution in [0.3, 0.4) is 0 Å². The molecule has 284 valence electrons. The van der Waals surface area contributed by atoms with Gasteiger partial charge in [0.1, 0.15) is 11.5 Å². The van der Waals surface area contributed by atoms with Crippen molar-refractivity contribution in [2.75, 3.05) is 0 Å². The zero-order chi connectivity index (χ0) is 40.1. The van der Waals surface area contributed by atoms with E-state index in [2.05, 4.69) is 194 Å². The fourth-order valence-electron chi connectivity index (χ4n) is 10.9. The third-order valence-corrected chi connectivity index (χ3v) is 13.3. The fourth-order valence-corrected chi connectivity index (χ4v) is 10.9. The van der Waals surface area contributed by atoms with Crippen molar-refractivity contribution in [3.05, 3.63) is 257 Å². The molecule has 61 heavy (non-hydrogen) atoms. The Morgan fingerprint density at radius 2 is 0.754 bits per heavy atom. The van der Waals surface area contributed by atoms with Crippen LogP contribution < -0.4 is 4.74 Å². The first-order valence-corrected chi connectivity index (χ1v) is 20.9. The van der Waals surface area contributed by atoms with E-state index in [0.717, 1.165) is 50.1 Å². The van der Waals surface area contributed by atoms with Gasteiger partial charge >= 0.3 is 0 Å². The molecule has 3 aliphatic rings. The first kappa shape index (κ1) is 34.0. The van der Waals surface area contributed by atoms with Gasteiger partial charge < -0.3 is 4.74 Å². The molecule has 4 heteroatoms. The summed E-state index contributed by atoms with van der Waals surface area (Å²) in [6, 6.07) is 76.2. The van der Waals surface area contributed by atoms with Gasteiger partial charge in [-0.1, -0.05) is 194 Å². The van der Waals surface area contributed by atoms with Gasteiger partial charge in [-0.05, 0) is 73.5 Å². The van der Waals surface area contributed by atoms with Crippen molar-refractivity contribution >= 4 is 10.8 Å². The number of aromatic nitrogens is 3. The van der Waals surface area contributed by atoms with Gasteiger partial charge in [0.2, 0.25) is 0 Å². The zero-order valence-corrected chi connectivity index (χ0v) is 33.0. The Morgan fingerprint density at radius 1 is 0.295 bits per heavy atom. The van der Waals surface area contributed by atoms with Gasteiger partial charge in [0.05, 0.1) is 10.8 Å². The van der Waals surface area contributed by atoms with E-state index < -0.39 is 10.8 Å². The molecule has 13 rings (SSSR count). The summed E-state index contributed by atoms with van der Waals surface area (Å²) in [4.78, 5) is 15.6. The Balaban J connectivity index is 1.08. The van der Waals surface area contributed by atoms with Gasteiger partial charge in [-0.2, -0.15) is 0 Å². The van der Waals surface area contributed by atoms with E-state index in [1.165, 1.54) is 44.5 Å². The Kier molecular flexibility index (Phi) is 7.11. The van der Waals surface area contributed by atoms with E-state index in [-0.39, 0.29) is 0 Å². The van der Waals surface area contributed by atoms with Gasteiger partial charge in [0, 0.05) is 27.8 Å². The molecular weight excluding hydrogens is 743 g/mol. The highest BCUT2D eigenvalue weighted by molar-refractivity contribution is 5.96. The number of hydrogen-bond acceptors (Lipinski definition) is 4. The van der Waals surface area contributed by atoms with Crippen molar-refractivity contribution in [3.63, 3.8) is 0 Å². The minimum absolute atomic E-state index is 0.604. The SMILES string of the molecule is c1ccc(-c2nc(-c3ccc4c(c3)-c3ccccc3C43c4ccccc4C4(c5ccccc5Oc5ccccc54)c4ccccc43)nc(-c3cccc4ccccc34)n2)cc1. The quantitative estimate of drug-likeness (QED) is 0.179. The molecule has 1 aliphatic heterocycles. The second kappa shape index (κ2) is 12.8. The molecule has 0 amide bonds. The minimum Gasteiger partial charge on any atom is -0.457 e. The molecule has 9 aromatic carbocycles. The predicted octanol–water partition coefficient (Wildman–Crippen LogP) is 13.2. The Hall–Kier alpha value is -7.95. The van der Waals surface area contributed by atoms with Crippen LogP contribution in [-0.2, 0) is 10.8 Å². The average molecular weight is 778 g/mol. The predicted molar refractivity (Wildman–Crippen MR) is 243 cm³/mol. The summed E-state index contributed by atoms with van der Waals surface area (Å²) in [5.41, 5.74) is 13.9. The highest BCUT2D eigenvalue weighted by Crippen LogP contribution is 2.67. The maximum Gasteiger partial charge on any atom is 0.164 e. The van der Waals surface area contributed by atoms with Crippen molar-refractivity contribution in [1.82, 2.24) is 15.0 Å². The second-order valence-electron chi connectivity index (χ2n) is 16.2. The van der Waals surface area contributed by atoms with Crippen LogP contribution in [0.15, 0.2) is 212 Å².